The van der Waals surface area contributed by atoms with Crippen LogP contribution < -0.4 is 0 Å². The van der Waals surface area contributed by atoms with Crippen LogP contribution in [0.25, 0.3) is 0 Å². The molecule has 2 heteroatoms. The molecule has 0 saturated heterocycles. The molecule has 0 heterocycles. The maximum atomic E-state index is 11.3. The summed E-state index contributed by atoms with van der Waals surface area (Å²) in [5, 5.41) is 21.4. The minimum absolute atomic E-state index is 0.0748. The summed E-state index contributed by atoms with van der Waals surface area (Å²) in [5.41, 5.74) is 4.62. The van der Waals surface area contributed by atoms with Gasteiger partial charge in [-0.2, -0.15) is 0 Å². The molecule has 2 N–H and O–H groups in total. The first kappa shape index (κ1) is 22.3. The van der Waals surface area contributed by atoms with E-state index in [1.807, 2.05) is 0 Å². The molecule has 0 amide bonds. The van der Waals surface area contributed by atoms with Crippen LogP contribution in [0.5, 0.6) is 0 Å². The van der Waals surface area contributed by atoms with Gasteiger partial charge in [0.25, 0.3) is 0 Å². The van der Waals surface area contributed by atoms with Crippen LogP contribution in [0.2, 0.25) is 0 Å². The number of rotatable bonds is 4. The molecule has 0 aliphatic heterocycles. The third-order valence-corrected chi connectivity index (χ3v) is 9.93. The Morgan fingerprint density at radius 1 is 1.00 bits per heavy atom. The fourth-order valence-electron chi connectivity index (χ4n) is 7.53. The van der Waals surface area contributed by atoms with E-state index in [1.54, 1.807) is 5.57 Å². The first-order valence-electron chi connectivity index (χ1n) is 12.6. The molecule has 0 aromatic rings. The summed E-state index contributed by atoms with van der Waals surface area (Å²) in [6.45, 7) is 14.3. The lowest BCUT2D eigenvalue weighted by atomic mass is 9.52. The van der Waals surface area contributed by atoms with E-state index < -0.39 is 0 Å². The van der Waals surface area contributed by atoms with Crippen molar-refractivity contribution >= 4 is 0 Å². The third kappa shape index (κ3) is 3.47. The number of fused-ring (bicyclic) bond motifs is 4. The van der Waals surface area contributed by atoms with Gasteiger partial charge in [0, 0.05) is 5.41 Å². The van der Waals surface area contributed by atoms with Crippen molar-refractivity contribution in [2.75, 3.05) is 0 Å². The molecule has 4 aliphatic carbocycles. The Hall–Kier alpha value is -0.860. The second-order valence-electron chi connectivity index (χ2n) is 11.9. The smallest absolute Gasteiger partial charge is 0.0793 e. The van der Waals surface area contributed by atoms with Gasteiger partial charge in [-0.25, -0.2) is 0 Å². The fourth-order valence-corrected chi connectivity index (χ4v) is 7.53. The maximum absolute atomic E-state index is 11.3. The van der Waals surface area contributed by atoms with Crippen molar-refractivity contribution in [1.29, 1.82) is 0 Å². The molecule has 4 aliphatic rings. The lowest BCUT2D eigenvalue weighted by molar-refractivity contribution is 0.0750. The van der Waals surface area contributed by atoms with Crippen molar-refractivity contribution in [2.45, 2.75) is 98.7 Å². The van der Waals surface area contributed by atoms with Gasteiger partial charge in [0.2, 0.25) is 0 Å². The van der Waals surface area contributed by atoms with Crippen LogP contribution in [0.1, 0.15) is 86.5 Å². The van der Waals surface area contributed by atoms with Crippen LogP contribution in [0.4, 0.5) is 0 Å². The van der Waals surface area contributed by atoms with Gasteiger partial charge in [-0.1, -0.05) is 70.9 Å². The second kappa shape index (κ2) is 7.93. The lowest BCUT2D eigenvalue weighted by Crippen LogP contribution is -2.45. The molecule has 2 nitrogen and oxygen atoms in total. The summed E-state index contributed by atoms with van der Waals surface area (Å²) in [6, 6.07) is 0. The number of hydrogen-bond donors (Lipinski definition) is 2. The predicted octanol–water partition coefficient (Wildman–Crippen LogP) is 6.45. The zero-order chi connectivity index (χ0) is 21.8. The monoisotopic (exact) mass is 412 g/mol. The highest BCUT2D eigenvalue weighted by Crippen LogP contribution is 2.65. The normalized spacial score (nSPS) is 43.3. The molecular formula is C28H44O2. The van der Waals surface area contributed by atoms with E-state index in [0.29, 0.717) is 35.0 Å². The summed E-state index contributed by atoms with van der Waals surface area (Å²) < 4.78 is 0. The zero-order valence-electron chi connectivity index (χ0n) is 20.1. The molecule has 0 spiro atoms. The summed E-state index contributed by atoms with van der Waals surface area (Å²) in [4.78, 5) is 0. The molecule has 0 bridgehead atoms. The summed E-state index contributed by atoms with van der Waals surface area (Å²) in [6.07, 6.45) is 13.8. The maximum Gasteiger partial charge on any atom is 0.0793 e. The largest absolute Gasteiger partial charge is 0.389 e. The number of hydrogen-bond acceptors (Lipinski definition) is 2. The Morgan fingerprint density at radius 2 is 1.73 bits per heavy atom. The second-order valence-corrected chi connectivity index (χ2v) is 11.9. The molecule has 168 valence electrons. The highest BCUT2D eigenvalue weighted by molar-refractivity contribution is 5.45. The van der Waals surface area contributed by atoms with Gasteiger partial charge in [-0.05, 0) is 85.5 Å². The average molecular weight is 413 g/mol. The molecule has 4 rings (SSSR count). The Labute approximate surface area is 184 Å². The molecule has 1 fully saturated rings. The Balaban J connectivity index is 1.63. The average Bonchev–Trinajstić information content (AvgIpc) is 3.04. The van der Waals surface area contributed by atoms with E-state index in [2.05, 4.69) is 59.8 Å². The molecule has 8 atom stereocenters. The van der Waals surface area contributed by atoms with Crippen LogP contribution in [0.15, 0.2) is 34.9 Å². The SMILES string of the molecule is CC(C)[C@@H](C)/C=C/[C@@H](C)[C@H]1CC[C@H]2C3=C(CC[C@]12C)[C@@]1(C)CC[C@@H](O)C=C1C[C@@H]3O. The van der Waals surface area contributed by atoms with E-state index in [1.165, 1.54) is 30.4 Å². The van der Waals surface area contributed by atoms with Crippen molar-refractivity contribution < 1.29 is 10.2 Å². The third-order valence-electron chi connectivity index (χ3n) is 9.93. The number of aliphatic hydroxyl groups is 2. The summed E-state index contributed by atoms with van der Waals surface area (Å²) >= 11 is 0. The summed E-state index contributed by atoms with van der Waals surface area (Å²) in [7, 11) is 0. The highest BCUT2D eigenvalue weighted by atomic mass is 16.3. The van der Waals surface area contributed by atoms with Crippen LogP contribution in [-0.4, -0.2) is 22.4 Å². The molecule has 0 unspecified atom stereocenters. The van der Waals surface area contributed by atoms with Gasteiger partial charge in [-0.15, -0.1) is 0 Å². The number of aliphatic hydroxyl groups excluding tert-OH is 2. The van der Waals surface area contributed by atoms with E-state index in [-0.39, 0.29) is 17.6 Å². The molecule has 30 heavy (non-hydrogen) atoms. The van der Waals surface area contributed by atoms with Gasteiger partial charge in [0.1, 0.15) is 0 Å². The van der Waals surface area contributed by atoms with Crippen molar-refractivity contribution in [3.8, 4) is 0 Å². The molecule has 0 aromatic heterocycles. The molecular weight excluding hydrogens is 368 g/mol. The van der Waals surface area contributed by atoms with E-state index >= 15 is 0 Å². The van der Waals surface area contributed by atoms with Crippen molar-refractivity contribution in [3.05, 3.63) is 34.9 Å². The van der Waals surface area contributed by atoms with Gasteiger partial charge < -0.3 is 10.2 Å². The summed E-state index contributed by atoms with van der Waals surface area (Å²) in [5.74, 6) is 3.16. The first-order valence-corrected chi connectivity index (χ1v) is 12.6. The minimum atomic E-state index is -0.347. The minimum Gasteiger partial charge on any atom is -0.389 e. The van der Waals surface area contributed by atoms with Crippen molar-refractivity contribution in [1.82, 2.24) is 0 Å². The van der Waals surface area contributed by atoms with Crippen molar-refractivity contribution in [2.24, 2.45) is 40.4 Å². The van der Waals surface area contributed by atoms with Gasteiger partial charge in [-0.3, -0.25) is 0 Å². The van der Waals surface area contributed by atoms with Crippen LogP contribution in [-0.2, 0) is 0 Å². The standard InChI is InChI=1S/C28H44O2/c1-17(2)18(3)7-8-19(4)22-9-10-23-26-24(12-14-28(22,23)6)27(5)13-11-21(29)15-20(27)16-25(26)30/h7-8,15,17-19,21-23,25,29-30H,9-14,16H2,1-6H3/b8-7+/t18-,19+,21+,22+,23-,25-,27-,28+/m0/s1. The van der Waals surface area contributed by atoms with Gasteiger partial charge >= 0.3 is 0 Å². The topological polar surface area (TPSA) is 40.5 Å². The van der Waals surface area contributed by atoms with Crippen LogP contribution in [0, 0.1) is 40.4 Å². The molecule has 1 saturated carbocycles. The zero-order valence-corrected chi connectivity index (χ0v) is 20.1. The van der Waals surface area contributed by atoms with E-state index in [9.17, 15) is 10.2 Å². The predicted molar refractivity (Wildman–Crippen MR) is 125 cm³/mol. The van der Waals surface area contributed by atoms with Crippen molar-refractivity contribution in [3.63, 3.8) is 0 Å². The van der Waals surface area contributed by atoms with Crippen LogP contribution >= 0.6 is 0 Å². The first-order chi connectivity index (χ1) is 14.1. The molecule has 0 radical (unpaired) electrons. The Morgan fingerprint density at radius 3 is 2.43 bits per heavy atom. The Bertz CT molecular complexity index is 759. The molecule has 0 aromatic carbocycles. The van der Waals surface area contributed by atoms with Crippen LogP contribution in [0.3, 0.4) is 0 Å². The highest BCUT2D eigenvalue weighted by Gasteiger charge is 2.56. The van der Waals surface area contributed by atoms with E-state index in [4.69, 9.17) is 0 Å². The van der Waals surface area contributed by atoms with Gasteiger partial charge in [0.05, 0.1) is 12.2 Å². The quantitative estimate of drug-likeness (QED) is 0.521. The van der Waals surface area contributed by atoms with E-state index in [0.717, 1.165) is 25.7 Å². The lowest BCUT2D eigenvalue weighted by Gasteiger charge is -2.53. The fraction of sp³-hybridized carbons (Fsp3) is 0.786. The van der Waals surface area contributed by atoms with Gasteiger partial charge in [0.15, 0.2) is 0 Å². The number of allylic oxidation sites excluding steroid dienone is 3. The Kier molecular flexibility index (Phi) is 5.90.